The number of hydrogen-bond donors (Lipinski definition) is 1. The van der Waals surface area contributed by atoms with Crippen LogP contribution in [-0.4, -0.2) is 39.2 Å². The molecule has 34 heavy (non-hydrogen) atoms. The summed E-state index contributed by atoms with van der Waals surface area (Å²) in [6, 6.07) is 12.0. The van der Waals surface area contributed by atoms with Crippen LogP contribution in [0.2, 0.25) is 0 Å². The van der Waals surface area contributed by atoms with Crippen LogP contribution < -0.4 is 26.0 Å². The van der Waals surface area contributed by atoms with Crippen molar-refractivity contribution < 1.29 is 14.3 Å². The first-order valence-corrected chi connectivity index (χ1v) is 10.4. The lowest BCUT2D eigenvalue weighted by molar-refractivity contribution is 0.0946. The fourth-order valence-electron chi connectivity index (χ4n) is 3.53. The molecule has 4 aromatic rings. The van der Waals surface area contributed by atoms with Gasteiger partial charge < -0.3 is 14.8 Å². The third kappa shape index (κ3) is 4.51. The number of amides is 1. The summed E-state index contributed by atoms with van der Waals surface area (Å²) in [6.07, 6.45) is 2.96. The number of pyridine rings is 2. The lowest BCUT2D eigenvalue weighted by Crippen LogP contribution is -2.39. The van der Waals surface area contributed by atoms with E-state index in [1.54, 1.807) is 56.8 Å². The van der Waals surface area contributed by atoms with Gasteiger partial charge in [0.15, 0.2) is 0 Å². The fraction of sp³-hybridized carbons (Fsp3) is 0.208. The summed E-state index contributed by atoms with van der Waals surface area (Å²) < 4.78 is 12.7. The molecule has 10 heteroatoms. The van der Waals surface area contributed by atoms with Gasteiger partial charge in [-0.25, -0.2) is 14.8 Å². The largest absolute Gasteiger partial charge is 0.497 e. The molecule has 174 valence electrons. The molecule has 0 fully saturated rings. The SMILES string of the molecule is COc1cccc(Cn2c(=O)c3cc(C(=O)NCc4ccc(OC)nc4)ncc3n(C)c2=O)c1. The summed E-state index contributed by atoms with van der Waals surface area (Å²) in [4.78, 5) is 47.0. The Bertz CT molecular complexity index is 1470. The lowest BCUT2D eigenvalue weighted by Gasteiger charge is -2.12. The summed E-state index contributed by atoms with van der Waals surface area (Å²) in [5.41, 5.74) is 0.935. The van der Waals surface area contributed by atoms with E-state index in [0.29, 0.717) is 17.1 Å². The Hall–Kier alpha value is -4.47. The molecule has 1 amide bonds. The minimum absolute atomic E-state index is 0.0625. The Kier molecular flexibility index (Phi) is 6.39. The molecule has 0 unspecified atom stereocenters. The summed E-state index contributed by atoms with van der Waals surface area (Å²) in [6.45, 7) is 0.288. The molecule has 0 atom stereocenters. The molecule has 0 bridgehead atoms. The first kappa shape index (κ1) is 22.7. The van der Waals surface area contributed by atoms with E-state index in [4.69, 9.17) is 9.47 Å². The zero-order valence-electron chi connectivity index (χ0n) is 18.9. The van der Waals surface area contributed by atoms with Crippen LogP contribution in [0.15, 0.2) is 64.4 Å². The van der Waals surface area contributed by atoms with Crippen LogP contribution in [0.1, 0.15) is 21.6 Å². The van der Waals surface area contributed by atoms with E-state index >= 15 is 0 Å². The minimum atomic E-state index is -0.503. The number of carbonyl (C=O) groups is 1. The van der Waals surface area contributed by atoms with Crippen LogP contribution >= 0.6 is 0 Å². The molecule has 0 spiro atoms. The molecule has 1 aromatic carbocycles. The van der Waals surface area contributed by atoms with Gasteiger partial charge in [0.25, 0.3) is 11.5 Å². The Labute approximate surface area is 194 Å². The average Bonchev–Trinajstić information content (AvgIpc) is 2.88. The summed E-state index contributed by atoms with van der Waals surface area (Å²) >= 11 is 0. The highest BCUT2D eigenvalue weighted by atomic mass is 16.5. The fourth-order valence-corrected chi connectivity index (χ4v) is 3.53. The highest BCUT2D eigenvalue weighted by Crippen LogP contribution is 2.14. The van der Waals surface area contributed by atoms with E-state index < -0.39 is 17.2 Å². The molecular weight excluding hydrogens is 438 g/mol. The Morgan fingerprint density at radius 2 is 1.82 bits per heavy atom. The van der Waals surface area contributed by atoms with Gasteiger partial charge >= 0.3 is 5.69 Å². The average molecular weight is 461 g/mol. The van der Waals surface area contributed by atoms with Crippen molar-refractivity contribution in [2.24, 2.45) is 7.05 Å². The minimum Gasteiger partial charge on any atom is -0.497 e. The molecule has 3 heterocycles. The zero-order chi connectivity index (χ0) is 24.2. The van der Waals surface area contributed by atoms with Crippen molar-refractivity contribution in [1.29, 1.82) is 0 Å². The molecule has 1 N–H and O–H groups in total. The van der Waals surface area contributed by atoms with Crippen molar-refractivity contribution in [1.82, 2.24) is 24.4 Å². The summed E-state index contributed by atoms with van der Waals surface area (Å²) in [5.74, 6) is 0.644. The van der Waals surface area contributed by atoms with Crippen LogP contribution in [0.3, 0.4) is 0 Å². The van der Waals surface area contributed by atoms with Gasteiger partial charge in [-0.05, 0) is 29.3 Å². The standard InChI is InChI=1S/C24H23N5O5/c1-28-20-13-25-19(22(30)27-12-16-7-8-21(34-3)26-11-16)10-18(20)23(31)29(24(28)32)14-15-5-4-6-17(9-15)33-2/h4-11,13H,12,14H2,1-3H3,(H,27,30). The molecule has 0 aliphatic rings. The van der Waals surface area contributed by atoms with Gasteiger partial charge in [0.1, 0.15) is 11.4 Å². The van der Waals surface area contributed by atoms with E-state index in [0.717, 1.165) is 15.7 Å². The van der Waals surface area contributed by atoms with Gasteiger partial charge in [0.2, 0.25) is 5.88 Å². The smallest absolute Gasteiger partial charge is 0.331 e. The second-order valence-electron chi connectivity index (χ2n) is 7.56. The van der Waals surface area contributed by atoms with Gasteiger partial charge in [-0.2, -0.15) is 0 Å². The highest BCUT2D eigenvalue weighted by molar-refractivity contribution is 5.95. The van der Waals surface area contributed by atoms with Gasteiger partial charge in [0, 0.05) is 25.9 Å². The molecule has 0 saturated carbocycles. The van der Waals surface area contributed by atoms with E-state index in [-0.39, 0.29) is 24.2 Å². The number of aryl methyl sites for hydroxylation is 1. The predicted octanol–water partition coefficient (Wildman–Crippen LogP) is 1.49. The molecule has 0 radical (unpaired) electrons. The maximum atomic E-state index is 13.2. The van der Waals surface area contributed by atoms with Crippen LogP contribution in [-0.2, 0) is 20.1 Å². The number of hydrogen-bond acceptors (Lipinski definition) is 7. The van der Waals surface area contributed by atoms with Gasteiger partial charge in [-0.3, -0.25) is 18.7 Å². The number of benzene rings is 1. The Morgan fingerprint density at radius 3 is 2.53 bits per heavy atom. The van der Waals surface area contributed by atoms with Crippen LogP contribution in [0.5, 0.6) is 11.6 Å². The Balaban J connectivity index is 1.64. The number of fused-ring (bicyclic) bond motifs is 1. The van der Waals surface area contributed by atoms with Crippen molar-refractivity contribution >= 4 is 16.8 Å². The van der Waals surface area contributed by atoms with Crippen molar-refractivity contribution in [3.05, 3.63) is 92.5 Å². The molecule has 10 nitrogen and oxygen atoms in total. The summed E-state index contributed by atoms with van der Waals surface area (Å²) in [7, 11) is 4.63. The van der Waals surface area contributed by atoms with Crippen molar-refractivity contribution in [3.63, 3.8) is 0 Å². The first-order chi connectivity index (χ1) is 16.4. The number of carbonyl (C=O) groups excluding carboxylic acids is 1. The van der Waals surface area contributed by atoms with Crippen molar-refractivity contribution in [3.8, 4) is 11.6 Å². The molecule has 4 rings (SSSR count). The highest BCUT2D eigenvalue weighted by Gasteiger charge is 2.15. The molecule has 0 aliphatic heterocycles. The van der Waals surface area contributed by atoms with Gasteiger partial charge in [-0.15, -0.1) is 0 Å². The zero-order valence-corrected chi connectivity index (χ0v) is 18.9. The van der Waals surface area contributed by atoms with E-state index in [2.05, 4.69) is 15.3 Å². The molecule has 3 aromatic heterocycles. The second-order valence-corrected chi connectivity index (χ2v) is 7.56. The van der Waals surface area contributed by atoms with E-state index in [1.807, 2.05) is 0 Å². The molecule has 0 saturated heterocycles. The number of ether oxygens (including phenoxy) is 2. The normalized spacial score (nSPS) is 10.8. The number of methoxy groups -OCH3 is 2. The third-order valence-corrected chi connectivity index (χ3v) is 5.40. The number of aromatic nitrogens is 4. The lowest BCUT2D eigenvalue weighted by atomic mass is 10.2. The monoisotopic (exact) mass is 461 g/mol. The quantitative estimate of drug-likeness (QED) is 0.443. The number of nitrogens with one attached hydrogen (secondary N) is 1. The molecule has 0 aliphatic carbocycles. The first-order valence-electron chi connectivity index (χ1n) is 10.4. The number of nitrogens with zero attached hydrogens (tertiary/aromatic N) is 4. The third-order valence-electron chi connectivity index (χ3n) is 5.40. The molecular formula is C24H23N5O5. The van der Waals surface area contributed by atoms with Crippen molar-refractivity contribution in [2.75, 3.05) is 14.2 Å². The topological polar surface area (TPSA) is 117 Å². The number of rotatable bonds is 7. The predicted molar refractivity (Wildman–Crippen MR) is 125 cm³/mol. The Morgan fingerprint density at radius 1 is 1.00 bits per heavy atom. The van der Waals surface area contributed by atoms with Crippen molar-refractivity contribution in [2.45, 2.75) is 13.1 Å². The van der Waals surface area contributed by atoms with Crippen LogP contribution in [0.25, 0.3) is 10.9 Å². The van der Waals surface area contributed by atoms with Crippen LogP contribution in [0.4, 0.5) is 0 Å². The van der Waals surface area contributed by atoms with E-state index in [1.165, 1.54) is 23.9 Å². The van der Waals surface area contributed by atoms with Gasteiger partial charge in [0.05, 0.1) is 37.9 Å². The maximum Gasteiger partial charge on any atom is 0.331 e. The van der Waals surface area contributed by atoms with E-state index in [9.17, 15) is 14.4 Å². The second kappa shape index (κ2) is 9.57. The summed E-state index contributed by atoms with van der Waals surface area (Å²) in [5, 5.41) is 2.98. The van der Waals surface area contributed by atoms with Gasteiger partial charge in [-0.1, -0.05) is 18.2 Å². The maximum absolute atomic E-state index is 13.2. The van der Waals surface area contributed by atoms with Crippen LogP contribution in [0, 0.1) is 0 Å².